The second-order valence-corrected chi connectivity index (χ2v) is 4.27. The van der Waals surface area contributed by atoms with Crippen molar-refractivity contribution in [2.45, 2.75) is 27.3 Å². The fraction of sp³-hybridized carbons (Fsp3) is 0.500. The number of hydrogen-bond acceptors (Lipinski definition) is 3. The van der Waals surface area contributed by atoms with E-state index in [0.717, 1.165) is 0 Å². The van der Waals surface area contributed by atoms with E-state index in [4.69, 9.17) is 0 Å². The molecular formula is C10H14N4O2. The van der Waals surface area contributed by atoms with E-state index < -0.39 is 5.69 Å². The molecule has 0 aliphatic heterocycles. The predicted octanol–water partition coefficient (Wildman–Crippen LogP) is 0.322. The molecule has 0 aliphatic carbocycles. The zero-order valence-electron chi connectivity index (χ0n) is 9.52. The van der Waals surface area contributed by atoms with Crippen LogP contribution in [-0.4, -0.2) is 14.5 Å². The lowest BCUT2D eigenvalue weighted by atomic mass is 10.2. The molecule has 0 aliphatic rings. The van der Waals surface area contributed by atoms with Gasteiger partial charge in [0.05, 0.1) is 12.9 Å². The Kier molecular flexibility index (Phi) is 2.41. The molecule has 0 saturated carbocycles. The summed E-state index contributed by atoms with van der Waals surface area (Å²) < 4.78 is 1.82. The fourth-order valence-corrected chi connectivity index (χ4v) is 1.73. The van der Waals surface area contributed by atoms with Gasteiger partial charge in [0, 0.05) is 6.92 Å². The maximum Gasteiger partial charge on any atom is 0.503 e. The minimum atomic E-state index is -0.564. The van der Waals surface area contributed by atoms with Gasteiger partial charge in [-0.3, -0.25) is 0 Å². The summed E-state index contributed by atoms with van der Waals surface area (Å²) in [6, 6.07) is 0. The van der Waals surface area contributed by atoms with E-state index in [1.54, 1.807) is 6.92 Å². The van der Waals surface area contributed by atoms with E-state index in [1.807, 2.05) is 13.8 Å². The van der Waals surface area contributed by atoms with E-state index in [2.05, 4.69) is 9.97 Å². The molecule has 2 heterocycles. The van der Waals surface area contributed by atoms with Crippen molar-refractivity contribution in [3.8, 4) is 0 Å². The number of hydrogen-bond donors (Lipinski definition) is 1. The Morgan fingerprint density at radius 2 is 2.31 bits per heavy atom. The highest BCUT2D eigenvalue weighted by Crippen LogP contribution is 2.09. The smallest absolute Gasteiger partial charge is 0.503 e. The highest BCUT2D eigenvalue weighted by atomic mass is 16.5. The van der Waals surface area contributed by atoms with Crippen LogP contribution in [-0.2, 0) is 6.54 Å². The molecule has 2 aromatic heterocycles. The molecule has 0 aromatic carbocycles. The SMILES string of the molecule is Cc1c2[nH]cnc2n(CC(C)C)c(=O)[n+]1[O-]. The maximum atomic E-state index is 11.8. The molecule has 0 bridgehead atoms. The number of aromatic amines is 1. The number of imidazole rings is 1. The van der Waals surface area contributed by atoms with Gasteiger partial charge in [-0.05, 0) is 5.92 Å². The van der Waals surface area contributed by atoms with Gasteiger partial charge in [0.2, 0.25) is 0 Å². The summed E-state index contributed by atoms with van der Waals surface area (Å²) >= 11 is 0. The zero-order valence-corrected chi connectivity index (χ0v) is 9.52. The van der Waals surface area contributed by atoms with Crippen LogP contribution in [0.4, 0.5) is 0 Å². The number of fused-ring (bicyclic) bond motifs is 1. The summed E-state index contributed by atoms with van der Waals surface area (Å²) in [6.45, 7) is 6.07. The van der Waals surface area contributed by atoms with E-state index in [0.29, 0.717) is 28.1 Å². The largest absolute Gasteiger partial charge is 0.708 e. The Morgan fingerprint density at radius 3 is 2.94 bits per heavy atom. The van der Waals surface area contributed by atoms with Gasteiger partial charge >= 0.3 is 5.69 Å². The monoisotopic (exact) mass is 222 g/mol. The molecule has 16 heavy (non-hydrogen) atoms. The molecule has 0 saturated heterocycles. The van der Waals surface area contributed by atoms with Crippen LogP contribution in [0.1, 0.15) is 19.5 Å². The first-order chi connectivity index (χ1) is 7.52. The average molecular weight is 222 g/mol. The van der Waals surface area contributed by atoms with Gasteiger partial charge in [-0.2, -0.15) is 19.1 Å². The van der Waals surface area contributed by atoms with Crippen molar-refractivity contribution in [1.29, 1.82) is 0 Å². The Hall–Kier alpha value is -1.85. The summed E-state index contributed by atoms with van der Waals surface area (Å²) in [6.07, 6.45) is 1.49. The van der Waals surface area contributed by atoms with Gasteiger partial charge in [0.25, 0.3) is 5.65 Å². The van der Waals surface area contributed by atoms with Crippen molar-refractivity contribution in [2.24, 2.45) is 5.92 Å². The Bertz CT molecular complexity index is 582. The summed E-state index contributed by atoms with van der Waals surface area (Å²) in [7, 11) is 0. The Morgan fingerprint density at radius 1 is 1.62 bits per heavy atom. The van der Waals surface area contributed by atoms with Crippen molar-refractivity contribution in [3.63, 3.8) is 0 Å². The summed E-state index contributed by atoms with van der Waals surface area (Å²) in [5.74, 6) is 0.278. The van der Waals surface area contributed by atoms with Crippen LogP contribution in [0.5, 0.6) is 0 Å². The number of nitrogens with zero attached hydrogens (tertiary/aromatic N) is 3. The van der Waals surface area contributed by atoms with Crippen LogP contribution in [0.25, 0.3) is 11.2 Å². The molecule has 1 N–H and O–H groups in total. The van der Waals surface area contributed by atoms with Crippen molar-refractivity contribution in [1.82, 2.24) is 14.5 Å². The summed E-state index contributed by atoms with van der Waals surface area (Å²) in [4.78, 5) is 18.8. The molecule has 0 radical (unpaired) electrons. The van der Waals surface area contributed by atoms with Crippen molar-refractivity contribution in [3.05, 3.63) is 27.7 Å². The third-order valence-electron chi connectivity index (χ3n) is 2.49. The molecule has 6 heteroatoms. The molecule has 0 unspecified atom stereocenters. The zero-order chi connectivity index (χ0) is 11.9. The summed E-state index contributed by atoms with van der Waals surface area (Å²) in [5, 5.41) is 11.6. The van der Waals surface area contributed by atoms with Gasteiger partial charge < -0.3 is 10.2 Å². The van der Waals surface area contributed by atoms with Crippen LogP contribution in [0.15, 0.2) is 11.1 Å². The number of nitrogens with one attached hydrogen (secondary N) is 1. The van der Waals surface area contributed by atoms with Gasteiger partial charge in [0.15, 0.2) is 5.52 Å². The lowest BCUT2D eigenvalue weighted by Gasteiger charge is -2.09. The third-order valence-corrected chi connectivity index (χ3v) is 2.49. The quantitative estimate of drug-likeness (QED) is 0.587. The predicted molar refractivity (Wildman–Crippen MR) is 58.9 cm³/mol. The molecule has 0 spiro atoms. The van der Waals surface area contributed by atoms with Crippen LogP contribution in [0.3, 0.4) is 0 Å². The average Bonchev–Trinajstić information content (AvgIpc) is 2.69. The molecule has 0 fully saturated rings. The molecule has 0 amide bonds. The number of rotatable bonds is 2. The second kappa shape index (κ2) is 3.62. The second-order valence-electron chi connectivity index (χ2n) is 4.27. The van der Waals surface area contributed by atoms with E-state index in [9.17, 15) is 10.0 Å². The minimum absolute atomic E-state index is 0.278. The van der Waals surface area contributed by atoms with Crippen molar-refractivity contribution in [2.75, 3.05) is 0 Å². The van der Waals surface area contributed by atoms with Crippen LogP contribution < -0.4 is 10.4 Å². The Balaban J connectivity index is 2.80. The lowest BCUT2D eigenvalue weighted by molar-refractivity contribution is -0.631. The Labute approximate surface area is 92.1 Å². The summed E-state index contributed by atoms with van der Waals surface area (Å²) in [5.41, 5.74) is 0.960. The first-order valence-corrected chi connectivity index (χ1v) is 5.18. The fourth-order valence-electron chi connectivity index (χ4n) is 1.73. The molecule has 86 valence electrons. The normalized spacial score (nSPS) is 11.5. The first kappa shape index (κ1) is 10.7. The van der Waals surface area contributed by atoms with E-state index in [-0.39, 0.29) is 5.92 Å². The topological polar surface area (TPSA) is 77.6 Å². The van der Waals surface area contributed by atoms with Crippen LogP contribution >= 0.6 is 0 Å². The van der Waals surface area contributed by atoms with Crippen LogP contribution in [0, 0.1) is 18.0 Å². The molecule has 2 aromatic rings. The number of H-pyrrole nitrogens is 1. The van der Waals surface area contributed by atoms with Crippen molar-refractivity contribution >= 4 is 11.2 Å². The van der Waals surface area contributed by atoms with Gasteiger partial charge in [0.1, 0.15) is 5.69 Å². The highest BCUT2D eigenvalue weighted by molar-refractivity contribution is 5.71. The standard InChI is InChI=1S/C10H14N4O2/c1-6(2)4-13-9-8(11-5-12-9)7(3)14(16)10(13)15/h5-6H,4H2,1-3H3,(H,11,12). The highest BCUT2D eigenvalue weighted by Gasteiger charge is 2.19. The van der Waals surface area contributed by atoms with Gasteiger partial charge in [-0.15, -0.1) is 0 Å². The molecule has 6 nitrogen and oxygen atoms in total. The van der Waals surface area contributed by atoms with E-state index in [1.165, 1.54) is 10.9 Å². The number of aromatic nitrogens is 4. The minimum Gasteiger partial charge on any atom is -0.708 e. The van der Waals surface area contributed by atoms with Crippen molar-refractivity contribution < 1.29 is 4.73 Å². The maximum absolute atomic E-state index is 11.8. The third kappa shape index (κ3) is 1.46. The van der Waals surface area contributed by atoms with Gasteiger partial charge in [-0.25, -0.2) is 0 Å². The molecular weight excluding hydrogens is 208 g/mol. The first-order valence-electron chi connectivity index (χ1n) is 5.18. The van der Waals surface area contributed by atoms with Gasteiger partial charge in [-0.1, -0.05) is 13.8 Å². The number of aryl methyl sites for hydroxylation is 1. The van der Waals surface area contributed by atoms with E-state index >= 15 is 0 Å². The van der Waals surface area contributed by atoms with Crippen LogP contribution in [0.2, 0.25) is 0 Å². The lowest BCUT2D eigenvalue weighted by Crippen LogP contribution is -2.52. The molecule has 2 rings (SSSR count). The molecule has 0 atom stereocenters.